The minimum Gasteiger partial charge on any atom is -0.396 e. The van der Waals surface area contributed by atoms with Gasteiger partial charge in [-0.1, -0.05) is 6.07 Å². The van der Waals surface area contributed by atoms with Gasteiger partial charge in [-0.05, 0) is 50.8 Å². The largest absolute Gasteiger partial charge is 0.396 e. The Kier molecular flexibility index (Phi) is 5.88. The summed E-state index contributed by atoms with van der Waals surface area (Å²) in [6.45, 7) is 7.22. The Morgan fingerprint density at radius 1 is 1.23 bits per heavy atom. The van der Waals surface area contributed by atoms with E-state index in [-0.39, 0.29) is 0 Å². The number of rotatable bonds is 5. The van der Waals surface area contributed by atoms with Gasteiger partial charge in [0.05, 0.1) is 0 Å². The Labute approximate surface area is 138 Å². The van der Waals surface area contributed by atoms with E-state index in [1.807, 2.05) is 11.3 Å². The van der Waals surface area contributed by atoms with Crippen molar-refractivity contribution in [2.45, 2.75) is 37.9 Å². The first-order valence-electron chi connectivity index (χ1n) is 8.56. The minimum atomic E-state index is 0.306. The van der Waals surface area contributed by atoms with Crippen molar-refractivity contribution in [1.29, 1.82) is 0 Å². The van der Waals surface area contributed by atoms with Gasteiger partial charge in [-0.2, -0.15) is 0 Å². The van der Waals surface area contributed by atoms with Crippen LogP contribution < -0.4 is 0 Å². The standard InChI is InChI=1S/C17H29N3OS/c1-18-7-4-15(5-8-18)20-10-9-19(13-16(20)6-11-21)14-17-3-2-12-22-17/h2-3,12,15-16,21H,4-11,13-14H2,1H3/t16-/m1/s1. The molecule has 2 fully saturated rings. The summed E-state index contributed by atoms with van der Waals surface area (Å²) in [5, 5.41) is 11.6. The van der Waals surface area contributed by atoms with Gasteiger partial charge in [-0.25, -0.2) is 0 Å². The van der Waals surface area contributed by atoms with Gasteiger partial charge in [0.1, 0.15) is 0 Å². The average Bonchev–Trinajstić information content (AvgIpc) is 3.02. The smallest absolute Gasteiger partial charge is 0.0446 e. The Morgan fingerprint density at radius 2 is 2.05 bits per heavy atom. The van der Waals surface area contributed by atoms with E-state index in [4.69, 9.17) is 0 Å². The van der Waals surface area contributed by atoms with E-state index in [0.29, 0.717) is 12.6 Å². The molecule has 1 atom stereocenters. The lowest BCUT2D eigenvalue weighted by Crippen LogP contribution is -2.58. The maximum Gasteiger partial charge on any atom is 0.0446 e. The summed E-state index contributed by atoms with van der Waals surface area (Å²) in [5.74, 6) is 0. The number of hydrogen-bond acceptors (Lipinski definition) is 5. The molecule has 3 heterocycles. The summed E-state index contributed by atoms with van der Waals surface area (Å²) in [5.41, 5.74) is 0. The molecule has 2 saturated heterocycles. The number of piperidine rings is 1. The van der Waals surface area contributed by atoms with Crippen LogP contribution in [0.15, 0.2) is 17.5 Å². The number of thiophene rings is 1. The topological polar surface area (TPSA) is 30.0 Å². The second-order valence-electron chi connectivity index (χ2n) is 6.75. The first-order chi connectivity index (χ1) is 10.8. The molecule has 1 aromatic rings. The van der Waals surface area contributed by atoms with Crippen LogP contribution in [0, 0.1) is 0 Å². The van der Waals surface area contributed by atoms with Crippen molar-refractivity contribution >= 4 is 11.3 Å². The molecule has 1 aromatic heterocycles. The molecule has 5 heteroatoms. The molecular weight excluding hydrogens is 294 g/mol. The number of aliphatic hydroxyl groups excluding tert-OH is 1. The van der Waals surface area contributed by atoms with Gasteiger partial charge in [0.15, 0.2) is 0 Å². The number of likely N-dealkylation sites (tertiary alicyclic amines) is 1. The van der Waals surface area contributed by atoms with E-state index in [1.165, 1.54) is 30.8 Å². The fourth-order valence-electron chi connectivity index (χ4n) is 3.91. The summed E-state index contributed by atoms with van der Waals surface area (Å²) >= 11 is 1.85. The monoisotopic (exact) mass is 323 g/mol. The maximum absolute atomic E-state index is 9.47. The van der Waals surface area contributed by atoms with Crippen molar-refractivity contribution in [1.82, 2.24) is 14.7 Å². The molecule has 1 N–H and O–H groups in total. The Hall–Kier alpha value is -0.460. The third kappa shape index (κ3) is 4.09. The SMILES string of the molecule is CN1CCC(N2CCN(Cc3cccs3)C[C@H]2CCO)CC1. The van der Waals surface area contributed by atoms with Gasteiger partial charge >= 0.3 is 0 Å². The molecule has 0 saturated carbocycles. The van der Waals surface area contributed by atoms with E-state index in [9.17, 15) is 5.11 Å². The number of aliphatic hydroxyl groups is 1. The van der Waals surface area contributed by atoms with Gasteiger partial charge < -0.3 is 10.0 Å². The van der Waals surface area contributed by atoms with Crippen molar-refractivity contribution < 1.29 is 5.11 Å². The summed E-state index contributed by atoms with van der Waals surface area (Å²) in [4.78, 5) is 9.16. The Balaban J connectivity index is 1.58. The van der Waals surface area contributed by atoms with Gasteiger partial charge in [0, 0.05) is 49.7 Å². The van der Waals surface area contributed by atoms with E-state index < -0.39 is 0 Å². The quantitative estimate of drug-likeness (QED) is 0.893. The summed E-state index contributed by atoms with van der Waals surface area (Å²) in [6, 6.07) is 5.61. The van der Waals surface area contributed by atoms with Crippen LogP contribution in [-0.4, -0.2) is 78.3 Å². The van der Waals surface area contributed by atoms with E-state index >= 15 is 0 Å². The summed E-state index contributed by atoms with van der Waals surface area (Å²) < 4.78 is 0. The van der Waals surface area contributed by atoms with Crippen LogP contribution in [0.3, 0.4) is 0 Å². The zero-order valence-corrected chi connectivity index (χ0v) is 14.5. The van der Waals surface area contributed by atoms with Crippen LogP contribution in [0.5, 0.6) is 0 Å². The molecule has 3 rings (SSSR count). The molecule has 0 spiro atoms. The van der Waals surface area contributed by atoms with Crippen molar-refractivity contribution in [3.63, 3.8) is 0 Å². The van der Waals surface area contributed by atoms with Crippen LogP contribution in [0.4, 0.5) is 0 Å². The fourth-order valence-corrected chi connectivity index (χ4v) is 4.66. The van der Waals surface area contributed by atoms with Crippen LogP contribution in [-0.2, 0) is 6.54 Å². The van der Waals surface area contributed by atoms with Gasteiger partial charge in [-0.15, -0.1) is 11.3 Å². The molecule has 2 aliphatic rings. The number of hydrogen-bond donors (Lipinski definition) is 1. The fraction of sp³-hybridized carbons (Fsp3) is 0.765. The van der Waals surface area contributed by atoms with Crippen molar-refractivity contribution in [3.8, 4) is 0 Å². The molecule has 0 aromatic carbocycles. The van der Waals surface area contributed by atoms with Crippen LogP contribution in [0.25, 0.3) is 0 Å². The molecule has 0 radical (unpaired) electrons. The number of piperazine rings is 1. The van der Waals surface area contributed by atoms with Crippen molar-refractivity contribution in [2.75, 3.05) is 46.4 Å². The second kappa shape index (κ2) is 7.88. The lowest BCUT2D eigenvalue weighted by Gasteiger charge is -2.47. The normalized spacial score (nSPS) is 26.5. The molecule has 2 aliphatic heterocycles. The predicted molar refractivity (Wildman–Crippen MR) is 92.3 cm³/mol. The molecule has 124 valence electrons. The Bertz CT molecular complexity index is 431. The molecule has 0 amide bonds. The Morgan fingerprint density at radius 3 is 2.73 bits per heavy atom. The lowest BCUT2D eigenvalue weighted by molar-refractivity contribution is 0.00629. The van der Waals surface area contributed by atoms with Gasteiger partial charge in [0.25, 0.3) is 0 Å². The second-order valence-corrected chi connectivity index (χ2v) is 7.79. The summed E-state index contributed by atoms with van der Waals surface area (Å²) in [6.07, 6.45) is 3.47. The lowest BCUT2D eigenvalue weighted by atomic mass is 9.98. The molecule has 0 unspecified atom stereocenters. The first kappa shape index (κ1) is 16.4. The van der Waals surface area contributed by atoms with Crippen LogP contribution in [0.1, 0.15) is 24.1 Å². The van der Waals surface area contributed by atoms with E-state index in [0.717, 1.165) is 38.6 Å². The zero-order valence-electron chi connectivity index (χ0n) is 13.7. The minimum absolute atomic E-state index is 0.306. The summed E-state index contributed by atoms with van der Waals surface area (Å²) in [7, 11) is 2.22. The predicted octanol–water partition coefficient (Wildman–Crippen LogP) is 1.71. The van der Waals surface area contributed by atoms with Gasteiger partial charge in [0.2, 0.25) is 0 Å². The van der Waals surface area contributed by atoms with Crippen LogP contribution in [0.2, 0.25) is 0 Å². The third-order valence-corrected chi connectivity index (χ3v) is 6.05. The highest BCUT2D eigenvalue weighted by atomic mass is 32.1. The third-order valence-electron chi connectivity index (χ3n) is 5.19. The molecule has 4 nitrogen and oxygen atoms in total. The molecule has 22 heavy (non-hydrogen) atoms. The highest BCUT2D eigenvalue weighted by Gasteiger charge is 2.32. The average molecular weight is 324 g/mol. The van der Waals surface area contributed by atoms with E-state index in [1.54, 1.807) is 0 Å². The molecule has 0 aliphatic carbocycles. The van der Waals surface area contributed by atoms with Gasteiger partial charge in [-0.3, -0.25) is 9.80 Å². The van der Waals surface area contributed by atoms with Crippen LogP contribution >= 0.6 is 11.3 Å². The molecular formula is C17H29N3OS. The van der Waals surface area contributed by atoms with E-state index in [2.05, 4.69) is 39.3 Å². The first-order valence-corrected chi connectivity index (χ1v) is 9.44. The van der Waals surface area contributed by atoms with Crippen molar-refractivity contribution in [3.05, 3.63) is 22.4 Å². The highest BCUT2D eigenvalue weighted by molar-refractivity contribution is 7.09. The zero-order chi connectivity index (χ0) is 15.4. The molecule has 0 bridgehead atoms. The number of nitrogens with zero attached hydrogens (tertiary/aromatic N) is 3. The highest BCUT2D eigenvalue weighted by Crippen LogP contribution is 2.24. The maximum atomic E-state index is 9.47. The van der Waals surface area contributed by atoms with Crippen molar-refractivity contribution in [2.24, 2.45) is 0 Å².